The first-order valence-corrected chi connectivity index (χ1v) is 6.25. The second-order valence-corrected chi connectivity index (χ2v) is 4.20. The van der Waals surface area contributed by atoms with E-state index in [1.807, 2.05) is 18.2 Å². The average Bonchev–Trinajstić information content (AvgIpc) is 2.46. The summed E-state index contributed by atoms with van der Waals surface area (Å²) < 4.78 is 10.7. The molecule has 0 radical (unpaired) electrons. The van der Waals surface area contributed by atoms with Gasteiger partial charge in [-0.05, 0) is 12.1 Å². The Labute approximate surface area is 124 Å². The van der Waals surface area contributed by atoms with Gasteiger partial charge in [-0.25, -0.2) is 0 Å². The highest BCUT2D eigenvalue weighted by Gasteiger charge is 2.21. The Bertz CT molecular complexity index is 448. The molecule has 5 nitrogen and oxygen atoms in total. The van der Waals surface area contributed by atoms with Crippen LogP contribution in [0.25, 0.3) is 0 Å². The molecule has 1 saturated heterocycles. The molecule has 2 N–H and O–H groups in total. The second-order valence-electron chi connectivity index (χ2n) is 4.20. The van der Waals surface area contributed by atoms with Gasteiger partial charge in [0.15, 0.2) is 0 Å². The van der Waals surface area contributed by atoms with E-state index in [1.54, 1.807) is 12.1 Å². The molecule has 0 saturated carbocycles. The molecule has 1 atom stereocenters. The summed E-state index contributed by atoms with van der Waals surface area (Å²) in [6.07, 6.45) is 1.68. The van der Waals surface area contributed by atoms with E-state index in [9.17, 15) is 4.79 Å². The highest BCUT2D eigenvalue weighted by atomic mass is 35.5. The maximum Gasteiger partial charge on any atom is 0.243 e. The second kappa shape index (κ2) is 8.58. The van der Waals surface area contributed by atoms with Crippen molar-refractivity contribution < 1.29 is 14.3 Å². The molecule has 0 aromatic heterocycles. The van der Waals surface area contributed by atoms with Gasteiger partial charge in [-0.3, -0.25) is 4.79 Å². The lowest BCUT2D eigenvalue weighted by molar-refractivity contribution is -0.120. The van der Waals surface area contributed by atoms with Crippen molar-refractivity contribution in [3.05, 3.63) is 36.9 Å². The van der Waals surface area contributed by atoms with Crippen LogP contribution in [0.15, 0.2) is 36.9 Å². The third-order valence-electron chi connectivity index (χ3n) is 2.71. The van der Waals surface area contributed by atoms with Crippen LogP contribution in [-0.2, 0) is 9.53 Å². The summed E-state index contributed by atoms with van der Waals surface area (Å²) in [5.74, 6) is 0.603. The van der Waals surface area contributed by atoms with Crippen molar-refractivity contribution in [2.75, 3.05) is 31.7 Å². The van der Waals surface area contributed by atoms with Gasteiger partial charge in [0, 0.05) is 18.3 Å². The third kappa shape index (κ3) is 4.85. The van der Waals surface area contributed by atoms with Crippen molar-refractivity contribution in [1.29, 1.82) is 0 Å². The maximum atomic E-state index is 12.0. The number of halogens is 1. The zero-order chi connectivity index (χ0) is 13.5. The molecular formula is C14H19ClN2O3. The fraction of sp³-hybridized carbons (Fsp3) is 0.357. The third-order valence-corrected chi connectivity index (χ3v) is 2.71. The molecule has 0 bridgehead atoms. The van der Waals surface area contributed by atoms with Gasteiger partial charge in [0.05, 0.1) is 13.2 Å². The Morgan fingerprint density at radius 3 is 3.15 bits per heavy atom. The molecule has 20 heavy (non-hydrogen) atoms. The topological polar surface area (TPSA) is 59.6 Å². The first-order chi connectivity index (χ1) is 9.29. The molecule has 0 spiro atoms. The molecule has 1 heterocycles. The lowest BCUT2D eigenvalue weighted by atomic mass is 10.2. The van der Waals surface area contributed by atoms with E-state index in [4.69, 9.17) is 9.47 Å². The standard InChI is InChI=1S/C14H18N2O3.ClH/c1-2-7-19-12-5-3-4-11(9-12)16-14(17)13-10-18-8-6-15-13;/h2-5,9,13,15H,1,6-8,10H2,(H,16,17);1H. The van der Waals surface area contributed by atoms with Crippen molar-refractivity contribution in [2.24, 2.45) is 0 Å². The van der Waals surface area contributed by atoms with Crippen LogP contribution < -0.4 is 15.4 Å². The van der Waals surface area contributed by atoms with Crippen molar-refractivity contribution >= 4 is 24.0 Å². The number of rotatable bonds is 5. The van der Waals surface area contributed by atoms with E-state index in [0.717, 1.165) is 0 Å². The minimum Gasteiger partial charge on any atom is -0.489 e. The summed E-state index contributed by atoms with van der Waals surface area (Å²) in [5, 5.41) is 5.95. The van der Waals surface area contributed by atoms with Crippen LogP contribution in [0.5, 0.6) is 5.75 Å². The number of anilines is 1. The van der Waals surface area contributed by atoms with Gasteiger partial charge in [-0.1, -0.05) is 18.7 Å². The van der Waals surface area contributed by atoms with Crippen LogP contribution >= 0.6 is 12.4 Å². The molecule has 2 rings (SSSR count). The van der Waals surface area contributed by atoms with Gasteiger partial charge < -0.3 is 20.1 Å². The number of morpholine rings is 1. The molecular weight excluding hydrogens is 280 g/mol. The average molecular weight is 299 g/mol. The fourth-order valence-corrected chi connectivity index (χ4v) is 1.78. The normalized spacial score (nSPS) is 17.7. The number of ether oxygens (including phenoxy) is 2. The van der Waals surface area contributed by atoms with Crippen LogP contribution in [0, 0.1) is 0 Å². The highest BCUT2D eigenvalue weighted by molar-refractivity contribution is 5.95. The first-order valence-electron chi connectivity index (χ1n) is 6.25. The zero-order valence-electron chi connectivity index (χ0n) is 11.1. The number of nitrogens with one attached hydrogen (secondary N) is 2. The molecule has 1 amide bonds. The van der Waals surface area contributed by atoms with Crippen LogP contribution in [0.2, 0.25) is 0 Å². The van der Waals surface area contributed by atoms with Crippen LogP contribution in [0.1, 0.15) is 0 Å². The smallest absolute Gasteiger partial charge is 0.243 e. The molecule has 1 aliphatic rings. The lowest BCUT2D eigenvalue weighted by Crippen LogP contribution is -2.48. The summed E-state index contributed by atoms with van der Waals surface area (Å²) in [7, 11) is 0. The monoisotopic (exact) mass is 298 g/mol. The number of benzene rings is 1. The van der Waals surface area contributed by atoms with Gasteiger partial charge in [-0.2, -0.15) is 0 Å². The Kier molecular flexibility index (Phi) is 7.08. The summed E-state index contributed by atoms with van der Waals surface area (Å²) in [4.78, 5) is 12.0. The molecule has 110 valence electrons. The van der Waals surface area contributed by atoms with Crippen molar-refractivity contribution in [3.8, 4) is 5.75 Å². The van der Waals surface area contributed by atoms with Gasteiger partial charge in [-0.15, -0.1) is 12.4 Å². The number of hydrogen-bond donors (Lipinski definition) is 2. The summed E-state index contributed by atoms with van der Waals surface area (Å²) >= 11 is 0. The van der Waals surface area contributed by atoms with E-state index < -0.39 is 0 Å². The maximum absolute atomic E-state index is 12.0. The van der Waals surface area contributed by atoms with Crippen molar-refractivity contribution in [2.45, 2.75) is 6.04 Å². The van der Waals surface area contributed by atoms with E-state index in [1.165, 1.54) is 0 Å². The Balaban J connectivity index is 0.00000200. The minimum absolute atomic E-state index is 0. The predicted molar refractivity (Wildman–Crippen MR) is 80.6 cm³/mol. The Hall–Kier alpha value is -1.56. The summed E-state index contributed by atoms with van der Waals surface area (Å²) in [5.41, 5.74) is 0.707. The van der Waals surface area contributed by atoms with Crippen LogP contribution in [-0.4, -0.2) is 38.3 Å². The molecule has 1 aromatic carbocycles. The fourth-order valence-electron chi connectivity index (χ4n) is 1.78. The lowest BCUT2D eigenvalue weighted by Gasteiger charge is -2.22. The van der Waals surface area contributed by atoms with E-state index >= 15 is 0 Å². The molecule has 0 aliphatic carbocycles. The zero-order valence-corrected chi connectivity index (χ0v) is 11.9. The van der Waals surface area contributed by atoms with Gasteiger partial charge >= 0.3 is 0 Å². The summed E-state index contributed by atoms with van der Waals surface area (Å²) in [6, 6.07) is 6.97. The first kappa shape index (κ1) is 16.5. The minimum atomic E-state index is -0.300. The number of carbonyl (C=O) groups is 1. The number of carbonyl (C=O) groups excluding carboxylic acids is 1. The molecule has 1 fully saturated rings. The van der Waals surface area contributed by atoms with E-state index in [2.05, 4.69) is 17.2 Å². The predicted octanol–water partition coefficient (Wildman–Crippen LogP) is 1.60. The highest BCUT2D eigenvalue weighted by Crippen LogP contribution is 2.17. The number of hydrogen-bond acceptors (Lipinski definition) is 4. The van der Waals surface area contributed by atoms with Gasteiger partial charge in [0.1, 0.15) is 18.4 Å². The Morgan fingerprint density at radius 2 is 2.45 bits per heavy atom. The quantitative estimate of drug-likeness (QED) is 0.811. The molecule has 1 aliphatic heterocycles. The van der Waals surface area contributed by atoms with Crippen LogP contribution in [0.4, 0.5) is 5.69 Å². The summed E-state index contributed by atoms with van der Waals surface area (Å²) in [6.45, 7) is 5.77. The van der Waals surface area contributed by atoms with Gasteiger partial charge in [0.2, 0.25) is 5.91 Å². The number of amides is 1. The van der Waals surface area contributed by atoms with Crippen molar-refractivity contribution in [1.82, 2.24) is 5.32 Å². The van der Waals surface area contributed by atoms with Crippen LogP contribution in [0.3, 0.4) is 0 Å². The largest absolute Gasteiger partial charge is 0.489 e. The van der Waals surface area contributed by atoms with Gasteiger partial charge in [0.25, 0.3) is 0 Å². The molecule has 6 heteroatoms. The van der Waals surface area contributed by atoms with Crippen molar-refractivity contribution in [3.63, 3.8) is 0 Å². The molecule has 1 unspecified atom stereocenters. The SMILES string of the molecule is C=CCOc1cccc(NC(=O)C2COCCN2)c1.Cl. The Morgan fingerprint density at radius 1 is 1.60 bits per heavy atom. The van der Waals surface area contributed by atoms with E-state index in [-0.39, 0.29) is 24.4 Å². The molecule has 1 aromatic rings. The van der Waals surface area contributed by atoms with E-state index in [0.29, 0.717) is 37.8 Å².